The maximum absolute atomic E-state index is 6.15. The minimum atomic E-state index is 0.866. The summed E-state index contributed by atoms with van der Waals surface area (Å²) in [7, 11) is 0. The van der Waals surface area contributed by atoms with E-state index in [0.29, 0.717) is 0 Å². The molecule has 0 radical (unpaired) electrons. The molecule has 0 amide bonds. The van der Waals surface area contributed by atoms with Gasteiger partial charge in [-0.1, -0.05) is 17.7 Å². The SMILES string of the molecule is Clc1cccc2c1CCN2c1cscn1. The molecule has 0 saturated carbocycles. The Labute approximate surface area is 97.1 Å². The second kappa shape index (κ2) is 3.51. The highest BCUT2D eigenvalue weighted by Crippen LogP contribution is 2.37. The van der Waals surface area contributed by atoms with E-state index >= 15 is 0 Å². The van der Waals surface area contributed by atoms with Gasteiger partial charge >= 0.3 is 0 Å². The summed E-state index contributed by atoms with van der Waals surface area (Å²) in [5, 5.41) is 2.93. The van der Waals surface area contributed by atoms with Crippen molar-refractivity contribution in [1.82, 2.24) is 4.98 Å². The summed E-state index contributed by atoms with van der Waals surface area (Å²) in [5.41, 5.74) is 4.30. The minimum Gasteiger partial charge on any atom is -0.325 e. The first-order chi connectivity index (χ1) is 7.36. The zero-order valence-electron chi connectivity index (χ0n) is 7.98. The number of rotatable bonds is 1. The molecule has 0 spiro atoms. The molecule has 0 N–H and O–H groups in total. The van der Waals surface area contributed by atoms with E-state index in [4.69, 9.17) is 11.6 Å². The molecule has 1 aromatic carbocycles. The summed E-state index contributed by atoms with van der Waals surface area (Å²) in [6.45, 7) is 0.975. The van der Waals surface area contributed by atoms with Crippen LogP contribution in [-0.4, -0.2) is 11.5 Å². The van der Waals surface area contributed by atoms with E-state index in [1.807, 2.05) is 17.6 Å². The van der Waals surface area contributed by atoms with Crippen LogP contribution in [0.4, 0.5) is 11.5 Å². The lowest BCUT2D eigenvalue weighted by molar-refractivity contribution is 0.981. The van der Waals surface area contributed by atoms with Gasteiger partial charge in [0.1, 0.15) is 5.82 Å². The third-order valence-corrected chi connectivity index (χ3v) is 3.59. The number of nitrogens with zero attached hydrogens (tertiary/aromatic N) is 2. The van der Waals surface area contributed by atoms with Gasteiger partial charge < -0.3 is 4.90 Å². The predicted molar refractivity (Wildman–Crippen MR) is 64.3 cm³/mol. The summed E-state index contributed by atoms with van der Waals surface area (Å²) in [6.07, 6.45) is 1.01. The molecule has 0 unspecified atom stereocenters. The van der Waals surface area contributed by atoms with Crippen molar-refractivity contribution in [3.05, 3.63) is 39.7 Å². The van der Waals surface area contributed by atoms with Crippen LogP contribution in [0.15, 0.2) is 29.1 Å². The van der Waals surface area contributed by atoms with Gasteiger partial charge in [-0.05, 0) is 24.1 Å². The molecule has 15 heavy (non-hydrogen) atoms. The highest BCUT2D eigenvalue weighted by atomic mass is 35.5. The molecule has 2 heterocycles. The van der Waals surface area contributed by atoms with E-state index in [9.17, 15) is 0 Å². The Hall–Kier alpha value is -1.06. The lowest BCUT2D eigenvalue weighted by Crippen LogP contribution is -2.13. The molecule has 76 valence electrons. The second-order valence-corrected chi connectivity index (χ2v) is 4.61. The molecule has 1 aliphatic heterocycles. The van der Waals surface area contributed by atoms with Crippen LogP contribution in [0.5, 0.6) is 0 Å². The Morgan fingerprint density at radius 3 is 3.13 bits per heavy atom. The lowest BCUT2D eigenvalue weighted by Gasteiger charge is -2.15. The molecule has 4 heteroatoms. The summed E-state index contributed by atoms with van der Waals surface area (Å²) in [4.78, 5) is 6.55. The molecule has 2 aromatic rings. The van der Waals surface area contributed by atoms with E-state index in [0.717, 1.165) is 23.8 Å². The molecule has 1 aliphatic rings. The topological polar surface area (TPSA) is 16.1 Å². The fraction of sp³-hybridized carbons (Fsp3) is 0.182. The quantitative estimate of drug-likeness (QED) is 0.754. The van der Waals surface area contributed by atoms with Crippen LogP contribution < -0.4 is 4.90 Å². The zero-order valence-corrected chi connectivity index (χ0v) is 9.55. The number of fused-ring (bicyclic) bond motifs is 1. The van der Waals surface area contributed by atoms with Crippen molar-refractivity contribution >= 4 is 34.4 Å². The van der Waals surface area contributed by atoms with Crippen molar-refractivity contribution in [2.45, 2.75) is 6.42 Å². The van der Waals surface area contributed by atoms with Gasteiger partial charge in [0.25, 0.3) is 0 Å². The average Bonchev–Trinajstić information content (AvgIpc) is 2.85. The highest BCUT2D eigenvalue weighted by Gasteiger charge is 2.22. The van der Waals surface area contributed by atoms with Crippen molar-refractivity contribution in [2.24, 2.45) is 0 Å². The summed E-state index contributed by atoms with van der Waals surface area (Å²) in [5.74, 6) is 1.03. The molecule has 0 fully saturated rings. The van der Waals surface area contributed by atoms with Crippen LogP contribution in [-0.2, 0) is 6.42 Å². The third kappa shape index (κ3) is 1.43. The van der Waals surface area contributed by atoms with Crippen molar-refractivity contribution < 1.29 is 0 Å². The van der Waals surface area contributed by atoms with Crippen LogP contribution in [0, 0.1) is 0 Å². The van der Waals surface area contributed by atoms with Gasteiger partial charge in [-0.3, -0.25) is 0 Å². The van der Waals surface area contributed by atoms with Crippen molar-refractivity contribution in [3.63, 3.8) is 0 Å². The van der Waals surface area contributed by atoms with Crippen LogP contribution in [0.25, 0.3) is 0 Å². The molecule has 0 atom stereocenters. The largest absolute Gasteiger partial charge is 0.325 e. The third-order valence-electron chi connectivity index (χ3n) is 2.67. The molecular formula is C11H9ClN2S. The maximum atomic E-state index is 6.15. The summed E-state index contributed by atoms with van der Waals surface area (Å²) < 4.78 is 0. The van der Waals surface area contributed by atoms with Gasteiger partial charge in [0, 0.05) is 22.6 Å². The van der Waals surface area contributed by atoms with Gasteiger partial charge in [0.2, 0.25) is 0 Å². The Balaban J connectivity index is 2.09. The van der Waals surface area contributed by atoms with Crippen molar-refractivity contribution in [3.8, 4) is 0 Å². The molecule has 0 bridgehead atoms. The van der Waals surface area contributed by atoms with E-state index in [-0.39, 0.29) is 0 Å². The van der Waals surface area contributed by atoms with Crippen LogP contribution in [0.1, 0.15) is 5.56 Å². The Kier molecular flexibility index (Phi) is 2.15. The van der Waals surface area contributed by atoms with Gasteiger partial charge in [0.15, 0.2) is 0 Å². The smallest absolute Gasteiger partial charge is 0.143 e. The summed E-state index contributed by atoms with van der Waals surface area (Å²) in [6, 6.07) is 6.05. The van der Waals surface area contributed by atoms with Crippen LogP contribution in [0.2, 0.25) is 5.02 Å². The molecule has 2 nitrogen and oxygen atoms in total. The van der Waals surface area contributed by atoms with E-state index in [2.05, 4.69) is 21.3 Å². The van der Waals surface area contributed by atoms with Gasteiger partial charge in [0.05, 0.1) is 5.51 Å². The first-order valence-corrected chi connectivity index (χ1v) is 6.11. The predicted octanol–water partition coefficient (Wildman–Crippen LogP) is 3.49. The number of benzene rings is 1. The molecule has 3 rings (SSSR count). The monoisotopic (exact) mass is 236 g/mol. The number of hydrogen-bond donors (Lipinski definition) is 0. The van der Waals surface area contributed by atoms with Gasteiger partial charge in [-0.25, -0.2) is 4.98 Å². The van der Waals surface area contributed by atoms with Crippen molar-refractivity contribution in [1.29, 1.82) is 0 Å². The zero-order chi connectivity index (χ0) is 10.3. The Bertz CT molecular complexity index is 481. The molecule has 1 aromatic heterocycles. The van der Waals surface area contributed by atoms with E-state index in [1.54, 1.807) is 11.3 Å². The molecule has 0 saturated heterocycles. The Morgan fingerprint density at radius 1 is 1.40 bits per heavy atom. The number of halogens is 1. The normalized spacial score (nSPS) is 14.3. The number of hydrogen-bond acceptors (Lipinski definition) is 3. The highest BCUT2D eigenvalue weighted by molar-refractivity contribution is 7.07. The number of aromatic nitrogens is 1. The number of anilines is 2. The lowest BCUT2D eigenvalue weighted by atomic mass is 10.2. The van der Waals surface area contributed by atoms with Gasteiger partial charge in [-0.15, -0.1) is 11.3 Å². The van der Waals surface area contributed by atoms with E-state index < -0.39 is 0 Å². The Morgan fingerprint density at radius 2 is 2.33 bits per heavy atom. The standard InChI is InChI=1S/C11H9ClN2S/c12-9-2-1-3-10-8(9)4-5-14(10)11-6-15-7-13-11/h1-3,6-7H,4-5H2. The fourth-order valence-corrected chi connectivity index (χ4v) is 2.77. The van der Waals surface area contributed by atoms with Gasteiger partial charge in [-0.2, -0.15) is 0 Å². The number of thiazole rings is 1. The second-order valence-electron chi connectivity index (χ2n) is 3.49. The van der Waals surface area contributed by atoms with Crippen LogP contribution >= 0.6 is 22.9 Å². The fourth-order valence-electron chi connectivity index (χ4n) is 1.97. The maximum Gasteiger partial charge on any atom is 0.143 e. The van der Waals surface area contributed by atoms with Crippen LogP contribution in [0.3, 0.4) is 0 Å². The molecule has 0 aliphatic carbocycles. The molecular weight excluding hydrogens is 228 g/mol. The van der Waals surface area contributed by atoms with E-state index in [1.165, 1.54) is 11.3 Å². The first-order valence-electron chi connectivity index (χ1n) is 4.79. The van der Waals surface area contributed by atoms with Crippen molar-refractivity contribution in [2.75, 3.05) is 11.4 Å². The summed E-state index contributed by atoms with van der Waals surface area (Å²) >= 11 is 7.77. The first kappa shape index (κ1) is 9.19. The minimum absolute atomic E-state index is 0.866. The average molecular weight is 237 g/mol.